The van der Waals surface area contributed by atoms with E-state index in [4.69, 9.17) is 9.15 Å². The molecule has 0 aliphatic rings. The molecule has 0 aliphatic heterocycles. The van der Waals surface area contributed by atoms with E-state index in [0.29, 0.717) is 46.0 Å². The van der Waals surface area contributed by atoms with Crippen LogP contribution in [0.3, 0.4) is 0 Å². The Morgan fingerprint density at radius 2 is 2.00 bits per heavy atom. The number of nitrogens with zero attached hydrogens (tertiary/aromatic N) is 2. The summed E-state index contributed by atoms with van der Waals surface area (Å²) in [5, 5.41) is 12.1. The van der Waals surface area contributed by atoms with Crippen molar-refractivity contribution >= 4 is 22.7 Å². The summed E-state index contributed by atoms with van der Waals surface area (Å²) in [5.41, 5.74) is 3.87. The number of carbonyl (C=O) groups excluding carboxylic acids is 1. The molecule has 1 N–H and O–H groups in total. The maximum atomic E-state index is 12.7. The van der Waals surface area contributed by atoms with Crippen molar-refractivity contribution in [1.29, 1.82) is 5.26 Å². The van der Waals surface area contributed by atoms with Gasteiger partial charge in [-0.25, -0.2) is 4.98 Å². The van der Waals surface area contributed by atoms with Crippen molar-refractivity contribution in [1.82, 2.24) is 4.98 Å². The summed E-state index contributed by atoms with van der Waals surface area (Å²) in [6.07, 6.45) is 0.710. The highest BCUT2D eigenvalue weighted by Gasteiger charge is 2.10. The molecule has 0 radical (unpaired) electrons. The number of hydrogen-bond donors (Lipinski definition) is 1. The third kappa shape index (κ3) is 4.15. The third-order valence-corrected chi connectivity index (χ3v) is 4.62. The fourth-order valence-electron chi connectivity index (χ4n) is 3.05. The standard InChI is InChI=1S/C24H19N3O3/c1-2-23-27-21-13-19(10-11-22(21)30-23)26-24(28)16-8-5-9-20(12-16)29-15-18-7-4-3-6-17(18)14-25/h3-13H,2,15H2,1H3,(H,26,28). The van der Waals surface area contributed by atoms with Gasteiger partial charge in [-0.1, -0.05) is 31.2 Å². The van der Waals surface area contributed by atoms with Gasteiger partial charge in [0.05, 0.1) is 11.6 Å². The molecule has 1 amide bonds. The van der Waals surface area contributed by atoms with E-state index in [1.807, 2.05) is 25.1 Å². The van der Waals surface area contributed by atoms with Gasteiger partial charge < -0.3 is 14.5 Å². The predicted molar refractivity (Wildman–Crippen MR) is 113 cm³/mol. The van der Waals surface area contributed by atoms with Gasteiger partial charge in [0.15, 0.2) is 11.5 Å². The summed E-state index contributed by atoms with van der Waals surface area (Å²) in [6, 6.07) is 21.7. The largest absolute Gasteiger partial charge is 0.489 e. The monoisotopic (exact) mass is 397 g/mol. The molecular formula is C24H19N3O3. The number of carbonyl (C=O) groups is 1. The molecule has 1 heterocycles. The second-order valence-corrected chi connectivity index (χ2v) is 6.68. The average Bonchev–Trinajstić information content (AvgIpc) is 3.20. The van der Waals surface area contributed by atoms with Crippen molar-refractivity contribution < 1.29 is 13.9 Å². The van der Waals surface area contributed by atoms with Crippen molar-refractivity contribution in [2.24, 2.45) is 0 Å². The Kier molecular flexibility index (Phi) is 5.44. The van der Waals surface area contributed by atoms with Crippen molar-refractivity contribution in [2.45, 2.75) is 20.0 Å². The zero-order chi connectivity index (χ0) is 20.9. The van der Waals surface area contributed by atoms with Crippen LogP contribution in [-0.2, 0) is 13.0 Å². The Bertz CT molecular complexity index is 1250. The summed E-state index contributed by atoms with van der Waals surface area (Å²) in [5.74, 6) is 0.961. The number of benzene rings is 3. The first-order valence-electron chi connectivity index (χ1n) is 9.58. The quantitative estimate of drug-likeness (QED) is 0.489. The number of hydrogen-bond acceptors (Lipinski definition) is 5. The van der Waals surface area contributed by atoms with E-state index in [2.05, 4.69) is 16.4 Å². The SMILES string of the molecule is CCc1nc2cc(NC(=O)c3cccc(OCc4ccccc4C#N)c3)ccc2o1. The van der Waals surface area contributed by atoms with Gasteiger partial charge in [-0.3, -0.25) is 4.79 Å². The Hall–Kier alpha value is -4.11. The number of nitrogens with one attached hydrogen (secondary N) is 1. The Morgan fingerprint density at radius 3 is 2.83 bits per heavy atom. The summed E-state index contributed by atoms with van der Waals surface area (Å²) >= 11 is 0. The number of rotatable bonds is 6. The average molecular weight is 397 g/mol. The minimum atomic E-state index is -0.253. The van der Waals surface area contributed by atoms with Crippen molar-refractivity contribution in [2.75, 3.05) is 5.32 Å². The number of ether oxygens (including phenoxy) is 1. The highest BCUT2D eigenvalue weighted by atomic mass is 16.5. The molecule has 0 atom stereocenters. The minimum Gasteiger partial charge on any atom is -0.489 e. The molecule has 0 aliphatic carbocycles. The molecule has 0 spiro atoms. The molecule has 3 aromatic carbocycles. The van der Waals surface area contributed by atoms with Crippen molar-refractivity contribution in [3.8, 4) is 11.8 Å². The lowest BCUT2D eigenvalue weighted by atomic mass is 10.1. The van der Waals surface area contributed by atoms with Crippen LogP contribution in [0.15, 0.2) is 71.1 Å². The van der Waals surface area contributed by atoms with Crippen LogP contribution in [0, 0.1) is 11.3 Å². The van der Waals surface area contributed by atoms with Crippen LogP contribution in [0.1, 0.15) is 34.3 Å². The molecule has 0 saturated heterocycles. The molecule has 1 aromatic heterocycles. The summed E-state index contributed by atoms with van der Waals surface area (Å²) < 4.78 is 11.4. The highest BCUT2D eigenvalue weighted by molar-refractivity contribution is 6.05. The van der Waals surface area contributed by atoms with Crippen LogP contribution in [0.5, 0.6) is 5.75 Å². The number of oxazole rings is 1. The first-order valence-corrected chi connectivity index (χ1v) is 9.58. The second kappa shape index (κ2) is 8.50. The van der Waals surface area contributed by atoms with Crippen LogP contribution < -0.4 is 10.1 Å². The zero-order valence-corrected chi connectivity index (χ0v) is 16.4. The van der Waals surface area contributed by atoms with Crippen LogP contribution in [0.2, 0.25) is 0 Å². The maximum Gasteiger partial charge on any atom is 0.255 e. The van der Waals surface area contributed by atoms with E-state index in [9.17, 15) is 10.1 Å². The van der Waals surface area contributed by atoms with Gasteiger partial charge in [-0.2, -0.15) is 5.26 Å². The van der Waals surface area contributed by atoms with E-state index >= 15 is 0 Å². The number of aryl methyl sites for hydroxylation is 1. The van der Waals surface area contributed by atoms with Gasteiger partial charge in [0.25, 0.3) is 5.91 Å². The predicted octanol–water partition coefficient (Wildman–Crippen LogP) is 5.09. The fourth-order valence-corrected chi connectivity index (χ4v) is 3.05. The van der Waals surface area contributed by atoms with E-state index < -0.39 is 0 Å². The molecule has 0 bridgehead atoms. The zero-order valence-electron chi connectivity index (χ0n) is 16.4. The van der Waals surface area contributed by atoms with Gasteiger partial charge in [-0.15, -0.1) is 0 Å². The van der Waals surface area contributed by atoms with Crippen LogP contribution in [0.4, 0.5) is 5.69 Å². The Balaban J connectivity index is 1.46. The first kappa shape index (κ1) is 19.2. The lowest BCUT2D eigenvalue weighted by Crippen LogP contribution is -2.12. The number of fused-ring (bicyclic) bond motifs is 1. The first-order chi connectivity index (χ1) is 14.7. The molecule has 0 unspecified atom stereocenters. The number of nitriles is 1. The molecule has 148 valence electrons. The smallest absolute Gasteiger partial charge is 0.255 e. The number of amides is 1. The van der Waals surface area contributed by atoms with Crippen LogP contribution >= 0.6 is 0 Å². The highest BCUT2D eigenvalue weighted by Crippen LogP contribution is 2.22. The normalized spacial score (nSPS) is 10.5. The molecule has 0 saturated carbocycles. The van der Waals surface area contributed by atoms with Gasteiger partial charge in [0, 0.05) is 23.2 Å². The van der Waals surface area contributed by atoms with E-state index in [-0.39, 0.29) is 12.5 Å². The van der Waals surface area contributed by atoms with Gasteiger partial charge >= 0.3 is 0 Å². The summed E-state index contributed by atoms with van der Waals surface area (Å²) in [7, 11) is 0. The molecule has 6 nitrogen and oxygen atoms in total. The topological polar surface area (TPSA) is 88.1 Å². The van der Waals surface area contributed by atoms with E-state index in [1.165, 1.54) is 0 Å². The van der Waals surface area contributed by atoms with Crippen molar-refractivity contribution in [3.05, 3.63) is 89.3 Å². The molecule has 0 fully saturated rings. The van der Waals surface area contributed by atoms with E-state index in [0.717, 1.165) is 5.56 Å². The van der Waals surface area contributed by atoms with Crippen LogP contribution in [-0.4, -0.2) is 10.9 Å². The summed E-state index contributed by atoms with van der Waals surface area (Å²) in [6.45, 7) is 2.22. The van der Waals surface area contributed by atoms with Crippen LogP contribution in [0.25, 0.3) is 11.1 Å². The second-order valence-electron chi connectivity index (χ2n) is 6.68. The fraction of sp³-hybridized carbons (Fsp3) is 0.125. The molecule has 4 aromatic rings. The van der Waals surface area contributed by atoms with Gasteiger partial charge in [0.1, 0.15) is 17.9 Å². The summed E-state index contributed by atoms with van der Waals surface area (Å²) in [4.78, 5) is 17.1. The third-order valence-electron chi connectivity index (χ3n) is 4.62. The molecule has 30 heavy (non-hydrogen) atoms. The number of anilines is 1. The molecule has 4 rings (SSSR count). The molecule has 6 heteroatoms. The lowest BCUT2D eigenvalue weighted by molar-refractivity contribution is 0.102. The van der Waals surface area contributed by atoms with E-state index in [1.54, 1.807) is 48.5 Å². The van der Waals surface area contributed by atoms with Gasteiger partial charge in [-0.05, 0) is 42.5 Å². The van der Waals surface area contributed by atoms with Gasteiger partial charge in [0.2, 0.25) is 0 Å². The minimum absolute atomic E-state index is 0.247. The lowest BCUT2D eigenvalue weighted by Gasteiger charge is -2.10. The Morgan fingerprint density at radius 1 is 1.13 bits per heavy atom. The number of aromatic nitrogens is 1. The Labute approximate surface area is 173 Å². The van der Waals surface area contributed by atoms with Crippen molar-refractivity contribution in [3.63, 3.8) is 0 Å². The molecular weight excluding hydrogens is 378 g/mol. The maximum absolute atomic E-state index is 12.7.